The lowest BCUT2D eigenvalue weighted by Crippen LogP contribution is -2.24. The van der Waals surface area contributed by atoms with Crippen LogP contribution in [0.5, 0.6) is 11.5 Å². The number of benzene rings is 2. The molecule has 1 heterocycles. The van der Waals surface area contributed by atoms with E-state index in [1.165, 1.54) is 12.6 Å². The lowest BCUT2D eigenvalue weighted by Gasteiger charge is -2.20. The van der Waals surface area contributed by atoms with Crippen molar-refractivity contribution in [3.05, 3.63) is 54.1 Å². The molecule has 0 bridgehead atoms. The molecule has 144 valence electrons. The standard InChI is InChI=1S/C22H28N2O3/c1-4-26-21-7-5-6-19(14-21)24-13-12-22(15-24)27-20-10-8-18(9-11-20)16(2)23-17(3)25/h5-11,14,16,22H,4,12-13,15H2,1-3H3,(H,23,25). The van der Waals surface area contributed by atoms with E-state index in [4.69, 9.17) is 9.47 Å². The molecule has 1 fully saturated rings. The number of nitrogens with one attached hydrogen (secondary N) is 1. The predicted octanol–water partition coefficient (Wildman–Crippen LogP) is 3.94. The largest absolute Gasteiger partial charge is 0.494 e. The second-order valence-corrected chi connectivity index (χ2v) is 6.90. The van der Waals surface area contributed by atoms with Gasteiger partial charge in [-0.25, -0.2) is 0 Å². The molecule has 0 spiro atoms. The number of ether oxygens (including phenoxy) is 2. The van der Waals surface area contributed by atoms with Crippen molar-refractivity contribution in [3.8, 4) is 11.5 Å². The molecule has 2 aromatic rings. The van der Waals surface area contributed by atoms with Crippen LogP contribution in [0.3, 0.4) is 0 Å². The van der Waals surface area contributed by atoms with Crippen LogP contribution in [-0.2, 0) is 4.79 Å². The van der Waals surface area contributed by atoms with E-state index in [2.05, 4.69) is 22.3 Å². The van der Waals surface area contributed by atoms with Gasteiger partial charge in [-0.3, -0.25) is 4.79 Å². The monoisotopic (exact) mass is 368 g/mol. The highest BCUT2D eigenvalue weighted by molar-refractivity contribution is 5.73. The third-order valence-electron chi connectivity index (χ3n) is 4.74. The summed E-state index contributed by atoms with van der Waals surface area (Å²) in [5.74, 6) is 1.74. The molecule has 27 heavy (non-hydrogen) atoms. The van der Waals surface area contributed by atoms with Crippen molar-refractivity contribution in [2.45, 2.75) is 39.3 Å². The number of carbonyl (C=O) groups is 1. The Kier molecular flexibility index (Phi) is 6.22. The lowest BCUT2D eigenvalue weighted by atomic mass is 10.1. The molecule has 2 atom stereocenters. The SMILES string of the molecule is CCOc1cccc(N2CCC(Oc3ccc(C(C)NC(C)=O)cc3)C2)c1. The molecule has 1 aliphatic rings. The average Bonchev–Trinajstić information content (AvgIpc) is 3.11. The molecule has 3 rings (SSSR count). The Bertz CT molecular complexity index is 760. The van der Waals surface area contributed by atoms with Gasteiger partial charge in [-0.2, -0.15) is 0 Å². The summed E-state index contributed by atoms with van der Waals surface area (Å²) >= 11 is 0. The van der Waals surface area contributed by atoms with Gasteiger partial charge in [-0.15, -0.1) is 0 Å². The Hall–Kier alpha value is -2.69. The normalized spacial score (nSPS) is 17.4. The maximum absolute atomic E-state index is 11.2. The molecule has 5 heteroatoms. The minimum Gasteiger partial charge on any atom is -0.494 e. The number of hydrogen-bond acceptors (Lipinski definition) is 4. The molecular formula is C22H28N2O3. The van der Waals surface area contributed by atoms with Crippen molar-refractivity contribution in [2.75, 3.05) is 24.6 Å². The van der Waals surface area contributed by atoms with Crippen molar-refractivity contribution in [3.63, 3.8) is 0 Å². The maximum atomic E-state index is 11.2. The number of anilines is 1. The van der Waals surface area contributed by atoms with Crippen LogP contribution in [0.4, 0.5) is 5.69 Å². The van der Waals surface area contributed by atoms with E-state index in [0.29, 0.717) is 6.61 Å². The minimum absolute atomic E-state index is 0.00358. The first-order valence-electron chi connectivity index (χ1n) is 9.56. The number of hydrogen-bond donors (Lipinski definition) is 1. The van der Waals surface area contributed by atoms with Crippen LogP contribution in [0.1, 0.15) is 38.8 Å². The maximum Gasteiger partial charge on any atom is 0.217 e. The summed E-state index contributed by atoms with van der Waals surface area (Å²) in [5.41, 5.74) is 2.24. The van der Waals surface area contributed by atoms with Gasteiger partial charge in [0.2, 0.25) is 5.91 Å². The fraction of sp³-hybridized carbons (Fsp3) is 0.409. The highest BCUT2D eigenvalue weighted by Crippen LogP contribution is 2.27. The van der Waals surface area contributed by atoms with Crippen LogP contribution >= 0.6 is 0 Å². The van der Waals surface area contributed by atoms with Gasteiger partial charge in [0.15, 0.2) is 0 Å². The summed E-state index contributed by atoms with van der Waals surface area (Å²) in [5, 5.41) is 2.89. The lowest BCUT2D eigenvalue weighted by molar-refractivity contribution is -0.119. The van der Waals surface area contributed by atoms with Gasteiger partial charge < -0.3 is 19.7 Å². The van der Waals surface area contributed by atoms with Gasteiger partial charge in [-0.1, -0.05) is 18.2 Å². The van der Waals surface area contributed by atoms with E-state index in [-0.39, 0.29) is 18.1 Å². The first kappa shape index (κ1) is 19.1. The van der Waals surface area contributed by atoms with Gasteiger partial charge in [-0.05, 0) is 43.7 Å². The molecule has 0 aliphatic carbocycles. The zero-order valence-corrected chi connectivity index (χ0v) is 16.3. The summed E-state index contributed by atoms with van der Waals surface area (Å²) in [7, 11) is 0. The van der Waals surface area contributed by atoms with Gasteiger partial charge in [0.1, 0.15) is 17.6 Å². The highest BCUT2D eigenvalue weighted by Gasteiger charge is 2.24. The second kappa shape index (κ2) is 8.80. The number of rotatable bonds is 7. The Morgan fingerprint density at radius 3 is 2.70 bits per heavy atom. The quantitative estimate of drug-likeness (QED) is 0.804. The topological polar surface area (TPSA) is 50.8 Å². The second-order valence-electron chi connectivity index (χ2n) is 6.90. The summed E-state index contributed by atoms with van der Waals surface area (Å²) in [6.45, 7) is 8.00. The number of amides is 1. The molecule has 2 aromatic carbocycles. The Labute approximate surface area is 161 Å². The summed E-state index contributed by atoms with van der Waals surface area (Å²) < 4.78 is 11.8. The molecule has 1 aliphatic heterocycles. The van der Waals surface area contributed by atoms with Crippen LogP contribution < -0.4 is 19.7 Å². The fourth-order valence-electron chi connectivity index (χ4n) is 3.41. The first-order chi connectivity index (χ1) is 13.0. The van der Waals surface area contributed by atoms with E-state index < -0.39 is 0 Å². The Balaban J connectivity index is 1.56. The van der Waals surface area contributed by atoms with Crippen LogP contribution in [0.15, 0.2) is 48.5 Å². The van der Waals surface area contributed by atoms with E-state index in [0.717, 1.165) is 36.6 Å². The third-order valence-corrected chi connectivity index (χ3v) is 4.74. The smallest absolute Gasteiger partial charge is 0.217 e. The van der Waals surface area contributed by atoms with Gasteiger partial charge >= 0.3 is 0 Å². The third kappa shape index (κ3) is 5.16. The molecule has 5 nitrogen and oxygen atoms in total. The molecule has 0 radical (unpaired) electrons. The average molecular weight is 368 g/mol. The first-order valence-corrected chi connectivity index (χ1v) is 9.56. The highest BCUT2D eigenvalue weighted by atomic mass is 16.5. The fourth-order valence-corrected chi connectivity index (χ4v) is 3.41. The van der Waals surface area contributed by atoms with E-state index in [1.807, 2.05) is 50.2 Å². The van der Waals surface area contributed by atoms with Crippen molar-refractivity contribution in [2.24, 2.45) is 0 Å². The Morgan fingerprint density at radius 1 is 1.22 bits per heavy atom. The molecule has 0 aromatic heterocycles. The van der Waals surface area contributed by atoms with E-state index >= 15 is 0 Å². The van der Waals surface area contributed by atoms with Crippen molar-refractivity contribution >= 4 is 11.6 Å². The summed E-state index contributed by atoms with van der Waals surface area (Å²) in [6.07, 6.45) is 1.16. The van der Waals surface area contributed by atoms with Gasteiger partial charge in [0.05, 0.1) is 19.2 Å². The summed E-state index contributed by atoms with van der Waals surface area (Å²) in [4.78, 5) is 13.5. The van der Waals surface area contributed by atoms with E-state index in [1.54, 1.807) is 0 Å². The van der Waals surface area contributed by atoms with Crippen molar-refractivity contribution in [1.29, 1.82) is 0 Å². The van der Waals surface area contributed by atoms with Gasteiger partial charge in [0.25, 0.3) is 0 Å². The molecule has 1 saturated heterocycles. The zero-order valence-electron chi connectivity index (χ0n) is 16.3. The van der Waals surface area contributed by atoms with Crippen LogP contribution in [-0.4, -0.2) is 31.7 Å². The molecule has 1 amide bonds. The van der Waals surface area contributed by atoms with Gasteiger partial charge in [0, 0.05) is 31.6 Å². The molecule has 0 saturated carbocycles. The minimum atomic E-state index is -0.0257. The zero-order chi connectivity index (χ0) is 19.2. The summed E-state index contributed by atoms with van der Waals surface area (Å²) in [6, 6.07) is 16.2. The molecule has 1 N–H and O–H groups in total. The molecular weight excluding hydrogens is 340 g/mol. The van der Waals surface area contributed by atoms with Crippen LogP contribution in [0.2, 0.25) is 0 Å². The van der Waals surface area contributed by atoms with Crippen LogP contribution in [0, 0.1) is 0 Å². The number of carbonyl (C=O) groups excluding carboxylic acids is 1. The van der Waals surface area contributed by atoms with E-state index in [9.17, 15) is 4.79 Å². The Morgan fingerprint density at radius 2 is 2.00 bits per heavy atom. The van der Waals surface area contributed by atoms with Crippen molar-refractivity contribution < 1.29 is 14.3 Å². The van der Waals surface area contributed by atoms with Crippen molar-refractivity contribution in [1.82, 2.24) is 5.32 Å². The van der Waals surface area contributed by atoms with Crippen LogP contribution in [0.25, 0.3) is 0 Å². The predicted molar refractivity (Wildman–Crippen MR) is 108 cm³/mol. The molecule has 2 unspecified atom stereocenters. The number of nitrogens with zero attached hydrogens (tertiary/aromatic N) is 1.